The van der Waals surface area contributed by atoms with Crippen LogP contribution in [0.4, 0.5) is 4.39 Å². The van der Waals surface area contributed by atoms with Crippen molar-refractivity contribution in [2.24, 2.45) is 5.73 Å². The predicted molar refractivity (Wildman–Crippen MR) is 93.5 cm³/mol. The lowest BCUT2D eigenvalue weighted by atomic mass is 10.2. The minimum absolute atomic E-state index is 0. The highest BCUT2D eigenvalue weighted by molar-refractivity contribution is 7.09. The van der Waals surface area contributed by atoms with Gasteiger partial charge in [0.15, 0.2) is 0 Å². The third-order valence-corrected chi connectivity index (χ3v) is 3.99. The number of nitrogens with zero attached hydrogens (tertiary/aromatic N) is 2. The van der Waals surface area contributed by atoms with E-state index < -0.39 is 0 Å². The van der Waals surface area contributed by atoms with E-state index in [0.29, 0.717) is 30.8 Å². The number of hydrogen-bond donors (Lipinski definition) is 1. The van der Waals surface area contributed by atoms with Gasteiger partial charge >= 0.3 is 0 Å². The van der Waals surface area contributed by atoms with Crippen LogP contribution in [0.3, 0.4) is 0 Å². The van der Waals surface area contributed by atoms with E-state index in [2.05, 4.69) is 11.6 Å². The fourth-order valence-corrected chi connectivity index (χ4v) is 2.80. The summed E-state index contributed by atoms with van der Waals surface area (Å²) in [5.41, 5.74) is 6.32. The van der Waals surface area contributed by atoms with Crippen molar-refractivity contribution in [1.82, 2.24) is 9.88 Å². The van der Waals surface area contributed by atoms with Crippen molar-refractivity contribution in [2.45, 2.75) is 13.0 Å². The molecule has 0 fully saturated rings. The molecule has 1 aromatic heterocycles. The zero-order valence-electron chi connectivity index (χ0n) is 12.6. The van der Waals surface area contributed by atoms with Gasteiger partial charge in [-0.1, -0.05) is 24.3 Å². The molecule has 0 saturated heterocycles. The molecule has 2 N–H and O–H groups in total. The maximum Gasteiger partial charge on any atom is 0.273 e. The quantitative estimate of drug-likeness (QED) is 0.776. The van der Waals surface area contributed by atoms with Crippen molar-refractivity contribution in [3.8, 4) is 0 Å². The SMILES string of the molecule is C=CCN(Cc1ccccc1F)C(=O)c1csc(CCN)n1.Cl. The molecule has 0 aliphatic heterocycles. The third kappa shape index (κ3) is 5.13. The summed E-state index contributed by atoms with van der Waals surface area (Å²) in [6.07, 6.45) is 2.26. The molecular formula is C16H19ClFN3OS. The van der Waals surface area contributed by atoms with Crippen LogP contribution in [0.5, 0.6) is 0 Å². The van der Waals surface area contributed by atoms with Crippen molar-refractivity contribution in [2.75, 3.05) is 13.1 Å². The summed E-state index contributed by atoms with van der Waals surface area (Å²) in [5.74, 6) is -0.561. The van der Waals surface area contributed by atoms with E-state index in [1.807, 2.05) is 0 Å². The van der Waals surface area contributed by atoms with E-state index in [1.165, 1.54) is 22.3 Å². The lowest BCUT2D eigenvalue weighted by Crippen LogP contribution is -2.31. The largest absolute Gasteiger partial charge is 0.330 e. The molecule has 1 heterocycles. The molecule has 0 atom stereocenters. The molecule has 0 saturated carbocycles. The average Bonchev–Trinajstić information content (AvgIpc) is 2.97. The Morgan fingerprint density at radius 3 is 2.83 bits per heavy atom. The van der Waals surface area contributed by atoms with Crippen LogP contribution in [0.2, 0.25) is 0 Å². The van der Waals surface area contributed by atoms with E-state index in [4.69, 9.17) is 5.73 Å². The molecule has 1 amide bonds. The topological polar surface area (TPSA) is 59.2 Å². The second-order valence-corrected chi connectivity index (χ2v) is 5.67. The lowest BCUT2D eigenvalue weighted by Gasteiger charge is -2.20. The normalized spacial score (nSPS) is 10.0. The Bertz CT molecular complexity index is 662. The van der Waals surface area contributed by atoms with E-state index in [9.17, 15) is 9.18 Å². The molecule has 2 aromatic rings. The summed E-state index contributed by atoms with van der Waals surface area (Å²) in [5, 5.41) is 2.54. The van der Waals surface area contributed by atoms with Crippen LogP contribution in [0, 0.1) is 5.82 Å². The first-order valence-electron chi connectivity index (χ1n) is 6.93. The van der Waals surface area contributed by atoms with Crippen molar-refractivity contribution in [1.29, 1.82) is 0 Å². The number of benzene rings is 1. The van der Waals surface area contributed by atoms with Crippen LogP contribution in [0.25, 0.3) is 0 Å². The summed E-state index contributed by atoms with van der Waals surface area (Å²) in [6.45, 7) is 4.66. The molecule has 23 heavy (non-hydrogen) atoms. The highest BCUT2D eigenvalue weighted by Gasteiger charge is 2.19. The molecule has 2 rings (SSSR count). The first-order valence-corrected chi connectivity index (χ1v) is 7.81. The summed E-state index contributed by atoms with van der Waals surface area (Å²) >= 11 is 1.41. The number of aromatic nitrogens is 1. The van der Waals surface area contributed by atoms with E-state index in [1.54, 1.807) is 29.7 Å². The number of hydrogen-bond acceptors (Lipinski definition) is 4. The Balaban J connectivity index is 0.00000264. The van der Waals surface area contributed by atoms with Gasteiger partial charge in [-0.2, -0.15) is 0 Å². The average molecular weight is 356 g/mol. The monoisotopic (exact) mass is 355 g/mol. The molecule has 4 nitrogen and oxygen atoms in total. The minimum Gasteiger partial charge on any atom is -0.330 e. The lowest BCUT2D eigenvalue weighted by molar-refractivity contribution is 0.0756. The predicted octanol–water partition coefficient (Wildman–Crippen LogP) is 3.03. The molecule has 0 spiro atoms. The number of nitrogens with two attached hydrogens (primary N) is 1. The molecule has 0 aliphatic carbocycles. The Morgan fingerprint density at radius 2 is 2.17 bits per heavy atom. The molecular weight excluding hydrogens is 337 g/mol. The summed E-state index contributed by atoms with van der Waals surface area (Å²) in [4.78, 5) is 18.3. The Hall–Kier alpha value is -1.76. The number of thiazole rings is 1. The highest BCUT2D eigenvalue weighted by Crippen LogP contribution is 2.15. The first-order chi connectivity index (χ1) is 10.7. The van der Waals surface area contributed by atoms with Crippen molar-refractivity contribution < 1.29 is 9.18 Å². The Labute approximate surface area is 145 Å². The van der Waals surface area contributed by atoms with Gasteiger partial charge in [-0.3, -0.25) is 4.79 Å². The summed E-state index contributed by atoms with van der Waals surface area (Å²) < 4.78 is 13.8. The van der Waals surface area contributed by atoms with Crippen LogP contribution < -0.4 is 5.73 Å². The van der Waals surface area contributed by atoms with Crippen LogP contribution in [-0.4, -0.2) is 28.9 Å². The molecule has 7 heteroatoms. The van der Waals surface area contributed by atoms with Crippen molar-refractivity contribution in [3.05, 3.63) is 64.4 Å². The Kier molecular flexibility index (Phi) is 7.88. The standard InChI is InChI=1S/C16H18FN3OS.ClH/c1-2-9-20(10-12-5-3-4-6-13(12)17)16(21)14-11-22-15(19-14)7-8-18;/h2-6,11H,1,7-10,18H2;1H. The van der Waals surface area contributed by atoms with Crippen LogP contribution in [-0.2, 0) is 13.0 Å². The number of halogens is 2. The van der Waals surface area contributed by atoms with Crippen molar-refractivity contribution in [3.63, 3.8) is 0 Å². The molecule has 0 unspecified atom stereocenters. The molecule has 1 aromatic carbocycles. The van der Waals surface area contributed by atoms with Gasteiger partial charge in [0, 0.05) is 30.5 Å². The maximum atomic E-state index is 13.8. The zero-order chi connectivity index (χ0) is 15.9. The number of carbonyl (C=O) groups excluding carboxylic acids is 1. The van der Waals surface area contributed by atoms with E-state index in [-0.39, 0.29) is 30.7 Å². The Morgan fingerprint density at radius 1 is 1.43 bits per heavy atom. The summed E-state index contributed by atoms with van der Waals surface area (Å²) in [6, 6.07) is 6.42. The fraction of sp³-hybridized carbons (Fsp3) is 0.250. The van der Waals surface area contributed by atoms with Crippen molar-refractivity contribution >= 4 is 29.7 Å². The minimum atomic E-state index is -0.327. The maximum absolute atomic E-state index is 13.8. The molecule has 0 aliphatic rings. The van der Waals surface area contributed by atoms with E-state index in [0.717, 1.165) is 5.01 Å². The fourth-order valence-electron chi connectivity index (χ4n) is 2.02. The van der Waals surface area contributed by atoms with E-state index >= 15 is 0 Å². The highest BCUT2D eigenvalue weighted by atomic mass is 35.5. The van der Waals surface area contributed by atoms with Gasteiger partial charge in [0.05, 0.1) is 5.01 Å². The molecule has 0 bridgehead atoms. The number of carbonyl (C=O) groups is 1. The number of rotatable bonds is 7. The van der Waals surface area contributed by atoms with Gasteiger partial charge in [-0.25, -0.2) is 9.37 Å². The second-order valence-electron chi connectivity index (χ2n) is 4.73. The van der Waals surface area contributed by atoms with Gasteiger partial charge in [0.2, 0.25) is 0 Å². The summed E-state index contributed by atoms with van der Waals surface area (Å²) in [7, 11) is 0. The van der Waals surface area contributed by atoms with Crippen LogP contribution in [0.15, 0.2) is 42.3 Å². The second kappa shape index (κ2) is 9.39. The smallest absolute Gasteiger partial charge is 0.273 e. The zero-order valence-corrected chi connectivity index (χ0v) is 14.2. The van der Waals surface area contributed by atoms with Crippen LogP contribution in [0.1, 0.15) is 21.1 Å². The van der Waals surface area contributed by atoms with Gasteiger partial charge in [-0.05, 0) is 12.6 Å². The van der Waals surface area contributed by atoms with Gasteiger partial charge in [-0.15, -0.1) is 30.3 Å². The van der Waals surface area contributed by atoms with Crippen LogP contribution >= 0.6 is 23.7 Å². The third-order valence-electron chi connectivity index (χ3n) is 3.08. The molecule has 124 valence electrons. The first kappa shape index (κ1) is 19.3. The number of amides is 1. The molecule has 0 radical (unpaired) electrons. The van der Waals surface area contributed by atoms with Gasteiger partial charge < -0.3 is 10.6 Å². The van der Waals surface area contributed by atoms with Gasteiger partial charge in [0.25, 0.3) is 5.91 Å². The van der Waals surface area contributed by atoms with Gasteiger partial charge in [0.1, 0.15) is 11.5 Å².